The molecule has 0 N–H and O–H groups in total. The van der Waals surface area contributed by atoms with Crippen LogP contribution in [0.1, 0.15) is 43.6 Å². The second kappa shape index (κ2) is 8.71. The molecule has 1 aliphatic rings. The molecule has 5 aromatic rings. The number of ether oxygens (including phenoxy) is 1. The fourth-order valence-electron chi connectivity index (χ4n) is 5.33. The molecule has 162 valence electrons. The van der Waals surface area contributed by atoms with Crippen LogP contribution in [0.4, 0.5) is 0 Å². The van der Waals surface area contributed by atoms with Gasteiger partial charge in [0.15, 0.2) is 0 Å². The van der Waals surface area contributed by atoms with E-state index in [-0.39, 0.29) is 0 Å². The van der Waals surface area contributed by atoms with Gasteiger partial charge in [-0.25, -0.2) is 0 Å². The van der Waals surface area contributed by atoms with Crippen LogP contribution in [0.2, 0.25) is 0 Å². The van der Waals surface area contributed by atoms with Crippen molar-refractivity contribution < 1.29 is 4.74 Å². The molecule has 33 heavy (non-hydrogen) atoms. The lowest BCUT2D eigenvalue weighted by atomic mass is 9.84. The maximum absolute atomic E-state index is 6.60. The maximum atomic E-state index is 6.60. The summed E-state index contributed by atoms with van der Waals surface area (Å²) in [7, 11) is 0. The normalized spacial score (nSPS) is 14.5. The quantitative estimate of drug-likeness (QED) is 0.266. The van der Waals surface area contributed by atoms with Crippen LogP contribution in [0.25, 0.3) is 32.8 Å². The largest absolute Gasteiger partial charge is 0.456 e. The molecule has 1 aromatic heterocycles. The molecule has 1 aliphatic carbocycles. The van der Waals surface area contributed by atoms with Crippen molar-refractivity contribution >= 4 is 21.7 Å². The number of pyridine rings is 1. The summed E-state index contributed by atoms with van der Waals surface area (Å²) in [6.45, 7) is 0. The Morgan fingerprint density at radius 3 is 2.12 bits per heavy atom. The minimum absolute atomic E-state index is 0.698. The van der Waals surface area contributed by atoms with Crippen molar-refractivity contribution in [2.45, 2.75) is 38.0 Å². The Morgan fingerprint density at radius 1 is 0.636 bits per heavy atom. The predicted octanol–water partition coefficient (Wildman–Crippen LogP) is 8.89. The summed E-state index contributed by atoms with van der Waals surface area (Å²) in [5, 5.41) is 3.29. The molecule has 0 saturated heterocycles. The van der Waals surface area contributed by atoms with Gasteiger partial charge in [0.2, 0.25) is 0 Å². The molecular formula is C31H27NO. The van der Waals surface area contributed by atoms with E-state index < -0.39 is 0 Å². The first-order valence-corrected chi connectivity index (χ1v) is 12.0. The van der Waals surface area contributed by atoms with E-state index in [0.717, 1.165) is 38.7 Å². The average Bonchev–Trinajstić information content (AvgIpc) is 2.90. The van der Waals surface area contributed by atoms with E-state index in [1.165, 1.54) is 43.2 Å². The van der Waals surface area contributed by atoms with Gasteiger partial charge in [0.25, 0.3) is 0 Å². The summed E-state index contributed by atoms with van der Waals surface area (Å²) in [6.07, 6.45) is 8.56. The second-order valence-corrected chi connectivity index (χ2v) is 9.02. The van der Waals surface area contributed by atoms with Crippen molar-refractivity contribution in [3.05, 3.63) is 103 Å². The zero-order valence-electron chi connectivity index (χ0n) is 18.7. The highest BCUT2D eigenvalue weighted by Gasteiger charge is 2.18. The Morgan fingerprint density at radius 2 is 1.33 bits per heavy atom. The molecule has 0 bridgehead atoms. The summed E-state index contributed by atoms with van der Waals surface area (Å²) in [5.74, 6) is 2.44. The summed E-state index contributed by atoms with van der Waals surface area (Å²) in [5.41, 5.74) is 4.73. The van der Waals surface area contributed by atoms with Gasteiger partial charge >= 0.3 is 0 Å². The lowest BCUT2D eigenvalue weighted by Crippen LogP contribution is -2.04. The van der Waals surface area contributed by atoms with Crippen molar-refractivity contribution in [2.24, 2.45) is 0 Å². The Bertz CT molecular complexity index is 1340. The Hall–Kier alpha value is -3.65. The van der Waals surface area contributed by atoms with Crippen molar-refractivity contribution in [1.29, 1.82) is 0 Å². The highest BCUT2D eigenvalue weighted by atomic mass is 16.5. The summed E-state index contributed by atoms with van der Waals surface area (Å²) in [6, 6.07) is 31.9. The van der Waals surface area contributed by atoms with Gasteiger partial charge in [-0.2, -0.15) is 0 Å². The van der Waals surface area contributed by atoms with Gasteiger partial charge < -0.3 is 4.74 Å². The van der Waals surface area contributed by atoms with Crippen molar-refractivity contribution in [3.63, 3.8) is 0 Å². The number of nitrogens with zero attached hydrogens (tertiary/aromatic N) is 1. The Balaban J connectivity index is 1.48. The average molecular weight is 430 g/mol. The Labute approximate surface area is 194 Å². The minimum Gasteiger partial charge on any atom is -0.456 e. The molecule has 6 rings (SSSR count). The summed E-state index contributed by atoms with van der Waals surface area (Å²) >= 11 is 0. The number of rotatable bonds is 4. The van der Waals surface area contributed by atoms with Gasteiger partial charge in [-0.3, -0.25) is 4.98 Å². The Kier molecular flexibility index (Phi) is 5.28. The van der Waals surface area contributed by atoms with Crippen LogP contribution >= 0.6 is 0 Å². The van der Waals surface area contributed by atoms with Gasteiger partial charge in [-0.15, -0.1) is 0 Å². The molecule has 2 heteroatoms. The SMILES string of the molecule is c1ccc(-c2c3ccccc3c(Oc3ccc(C4CCCCC4)cc3)c3cccnc23)cc1. The third-order valence-corrected chi connectivity index (χ3v) is 6.97. The third-order valence-electron chi connectivity index (χ3n) is 6.97. The third kappa shape index (κ3) is 3.76. The lowest BCUT2D eigenvalue weighted by Gasteiger charge is -2.22. The highest BCUT2D eigenvalue weighted by molar-refractivity contribution is 6.15. The smallest absolute Gasteiger partial charge is 0.144 e. The molecule has 0 atom stereocenters. The van der Waals surface area contributed by atoms with Gasteiger partial charge in [0.1, 0.15) is 11.5 Å². The highest BCUT2D eigenvalue weighted by Crippen LogP contribution is 2.44. The van der Waals surface area contributed by atoms with Crippen molar-refractivity contribution in [1.82, 2.24) is 4.98 Å². The first kappa shape index (κ1) is 20.0. The standard InChI is InChI=1S/C31H27NO/c1-3-10-22(11-4-1)23-17-19-25(20-18-23)33-31-27-15-8-7-14-26(27)29(24-12-5-2-6-13-24)30-28(31)16-9-21-32-30/h2,5-9,12-22H,1,3-4,10-11H2. The zero-order chi connectivity index (χ0) is 22.0. The summed E-state index contributed by atoms with van der Waals surface area (Å²) in [4.78, 5) is 4.81. The number of hydrogen-bond acceptors (Lipinski definition) is 2. The first-order valence-electron chi connectivity index (χ1n) is 12.0. The van der Waals surface area contributed by atoms with Crippen LogP contribution in [0.15, 0.2) is 97.2 Å². The summed E-state index contributed by atoms with van der Waals surface area (Å²) < 4.78 is 6.60. The topological polar surface area (TPSA) is 22.1 Å². The molecule has 2 nitrogen and oxygen atoms in total. The lowest BCUT2D eigenvalue weighted by molar-refractivity contribution is 0.442. The first-order chi connectivity index (χ1) is 16.4. The molecule has 1 saturated carbocycles. The van der Waals surface area contributed by atoms with Crippen molar-refractivity contribution in [3.8, 4) is 22.6 Å². The van der Waals surface area contributed by atoms with E-state index in [4.69, 9.17) is 9.72 Å². The van der Waals surface area contributed by atoms with Gasteiger partial charge in [-0.1, -0.05) is 86.0 Å². The monoisotopic (exact) mass is 429 g/mol. The molecule has 0 amide bonds. The van der Waals surface area contributed by atoms with E-state index in [2.05, 4.69) is 84.9 Å². The van der Waals surface area contributed by atoms with Crippen LogP contribution < -0.4 is 4.74 Å². The number of benzene rings is 4. The molecule has 0 unspecified atom stereocenters. The fourth-order valence-corrected chi connectivity index (χ4v) is 5.33. The van der Waals surface area contributed by atoms with E-state index in [9.17, 15) is 0 Å². The van der Waals surface area contributed by atoms with Gasteiger partial charge in [-0.05, 0) is 59.5 Å². The second-order valence-electron chi connectivity index (χ2n) is 9.02. The van der Waals surface area contributed by atoms with E-state index in [1.54, 1.807) is 0 Å². The predicted molar refractivity (Wildman–Crippen MR) is 137 cm³/mol. The van der Waals surface area contributed by atoms with Crippen LogP contribution in [0.5, 0.6) is 11.5 Å². The zero-order valence-corrected chi connectivity index (χ0v) is 18.7. The fraction of sp³-hybridized carbons (Fsp3) is 0.194. The molecule has 4 aromatic carbocycles. The minimum atomic E-state index is 0.698. The number of fused-ring (bicyclic) bond motifs is 2. The molecule has 0 radical (unpaired) electrons. The maximum Gasteiger partial charge on any atom is 0.144 e. The van der Waals surface area contributed by atoms with Crippen LogP contribution in [-0.2, 0) is 0 Å². The molecule has 1 heterocycles. The van der Waals surface area contributed by atoms with Crippen LogP contribution in [0, 0.1) is 0 Å². The number of hydrogen-bond donors (Lipinski definition) is 0. The van der Waals surface area contributed by atoms with E-state index in [1.807, 2.05) is 12.3 Å². The molecule has 0 aliphatic heterocycles. The molecule has 1 fully saturated rings. The van der Waals surface area contributed by atoms with Crippen LogP contribution in [0.3, 0.4) is 0 Å². The van der Waals surface area contributed by atoms with Crippen molar-refractivity contribution in [2.75, 3.05) is 0 Å². The van der Waals surface area contributed by atoms with Gasteiger partial charge in [0, 0.05) is 22.5 Å². The molecule has 0 spiro atoms. The van der Waals surface area contributed by atoms with Crippen LogP contribution in [-0.4, -0.2) is 4.98 Å². The number of aromatic nitrogens is 1. The van der Waals surface area contributed by atoms with E-state index in [0.29, 0.717) is 5.92 Å². The molecular weight excluding hydrogens is 402 g/mol. The van der Waals surface area contributed by atoms with E-state index >= 15 is 0 Å². The van der Waals surface area contributed by atoms with Gasteiger partial charge in [0.05, 0.1) is 5.52 Å².